The SMILES string of the molecule is CC(C)(C)NS(=O)(=O)c1cccc(-c2cccnc2/N=C(\N)c2ccc(-c3ncccc3C(N)=O)cc2)c1. The highest BCUT2D eigenvalue weighted by molar-refractivity contribution is 7.89. The summed E-state index contributed by atoms with van der Waals surface area (Å²) in [5.41, 5.74) is 14.6. The fourth-order valence-corrected chi connectivity index (χ4v) is 5.28. The van der Waals surface area contributed by atoms with Crippen LogP contribution in [0.4, 0.5) is 5.82 Å². The topological polar surface area (TPSA) is 153 Å². The lowest BCUT2D eigenvalue weighted by Crippen LogP contribution is -2.40. The molecule has 10 heteroatoms. The molecule has 9 nitrogen and oxygen atoms in total. The quantitative estimate of drug-likeness (QED) is 0.243. The second-order valence-electron chi connectivity index (χ2n) is 9.60. The van der Waals surface area contributed by atoms with Crippen LogP contribution in [-0.2, 0) is 10.0 Å². The van der Waals surface area contributed by atoms with Crippen LogP contribution in [0.15, 0.2) is 95.1 Å². The number of amidine groups is 1. The first-order chi connectivity index (χ1) is 17.9. The minimum Gasteiger partial charge on any atom is -0.383 e. The van der Waals surface area contributed by atoms with Crippen LogP contribution in [0.5, 0.6) is 0 Å². The van der Waals surface area contributed by atoms with Gasteiger partial charge < -0.3 is 11.5 Å². The van der Waals surface area contributed by atoms with Crippen molar-refractivity contribution in [2.75, 3.05) is 0 Å². The third kappa shape index (κ3) is 6.10. The van der Waals surface area contributed by atoms with Crippen LogP contribution in [0.25, 0.3) is 22.4 Å². The Morgan fingerprint density at radius 2 is 1.55 bits per heavy atom. The number of nitrogens with two attached hydrogens (primary N) is 2. The lowest BCUT2D eigenvalue weighted by Gasteiger charge is -2.20. The molecule has 2 heterocycles. The molecule has 38 heavy (non-hydrogen) atoms. The van der Waals surface area contributed by atoms with E-state index in [2.05, 4.69) is 19.7 Å². The molecule has 5 N–H and O–H groups in total. The van der Waals surface area contributed by atoms with Crippen LogP contribution in [-0.4, -0.2) is 35.7 Å². The van der Waals surface area contributed by atoms with Gasteiger partial charge in [-0.25, -0.2) is 23.1 Å². The van der Waals surface area contributed by atoms with E-state index < -0.39 is 21.5 Å². The average molecular weight is 529 g/mol. The maximum absolute atomic E-state index is 12.9. The molecule has 0 radical (unpaired) electrons. The fraction of sp³-hybridized carbons (Fsp3) is 0.143. The van der Waals surface area contributed by atoms with Crippen molar-refractivity contribution in [3.63, 3.8) is 0 Å². The number of aliphatic imine (C=N–C) groups is 1. The van der Waals surface area contributed by atoms with Gasteiger partial charge in [-0.1, -0.05) is 36.4 Å². The zero-order chi connectivity index (χ0) is 27.5. The van der Waals surface area contributed by atoms with Crippen molar-refractivity contribution >= 4 is 27.6 Å². The number of amides is 1. The summed E-state index contributed by atoms with van der Waals surface area (Å²) in [6.07, 6.45) is 3.18. The van der Waals surface area contributed by atoms with Gasteiger partial charge in [0.05, 0.1) is 16.2 Å². The molecule has 0 aliphatic rings. The monoisotopic (exact) mass is 528 g/mol. The third-order valence-electron chi connectivity index (χ3n) is 5.44. The van der Waals surface area contributed by atoms with Gasteiger partial charge in [-0.3, -0.25) is 9.78 Å². The summed E-state index contributed by atoms with van der Waals surface area (Å²) in [4.78, 5) is 25.1. The van der Waals surface area contributed by atoms with Gasteiger partial charge >= 0.3 is 0 Å². The number of sulfonamides is 1. The molecule has 0 saturated heterocycles. The van der Waals surface area contributed by atoms with Crippen LogP contribution < -0.4 is 16.2 Å². The zero-order valence-corrected chi connectivity index (χ0v) is 22.0. The Hall–Kier alpha value is -4.41. The molecule has 2 aromatic carbocycles. The molecular weight excluding hydrogens is 500 g/mol. The van der Waals surface area contributed by atoms with Gasteiger partial charge in [-0.05, 0) is 62.7 Å². The maximum atomic E-state index is 12.9. The highest BCUT2D eigenvalue weighted by Gasteiger charge is 2.22. The summed E-state index contributed by atoms with van der Waals surface area (Å²) in [6.45, 7) is 5.35. The van der Waals surface area contributed by atoms with E-state index in [9.17, 15) is 13.2 Å². The van der Waals surface area contributed by atoms with Crippen LogP contribution in [0, 0.1) is 0 Å². The molecule has 0 aliphatic heterocycles. The Bertz CT molecular complexity index is 1630. The molecule has 0 bridgehead atoms. The standard InChI is InChI=1S/C28H28N6O3S/c1-28(2,3)34-38(36,37)21-8-4-7-20(17-21)22-9-5-16-32-27(22)33-25(29)19-13-11-18(12-14-19)24-23(26(30)35)10-6-15-31-24/h4-17,34H,1-3H3,(H2,30,35)(H2,29,32,33). The number of hydrogen-bond donors (Lipinski definition) is 3. The van der Waals surface area contributed by atoms with E-state index in [0.717, 1.165) is 0 Å². The first-order valence-corrected chi connectivity index (χ1v) is 13.2. The van der Waals surface area contributed by atoms with Crippen molar-refractivity contribution in [3.8, 4) is 22.4 Å². The van der Waals surface area contributed by atoms with Gasteiger partial charge in [0.2, 0.25) is 10.0 Å². The number of benzene rings is 2. The Balaban J connectivity index is 1.67. The normalized spacial score (nSPS) is 12.3. The van der Waals surface area contributed by atoms with Gasteiger partial charge in [0.25, 0.3) is 5.91 Å². The average Bonchev–Trinajstić information content (AvgIpc) is 2.88. The molecule has 0 atom stereocenters. The first-order valence-electron chi connectivity index (χ1n) is 11.7. The molecule has 2 aromatic heterocycles. The predicted octanol–water partition coefficient (Wildman–Crippen LogP) is 4.02. The molecule has 194 valence electrons. The molecule has 1 amide bonds. The second-order valence-corrected chi connectivity index (χ2v) is 11.3. The van der Waals surface area contributed by atoms with Crippen LogP contribution in [0.3, 0.4) is 0 Å². The Morgan fingerprint density at radius 3 is 2.24 bits per heavy atom. The Labute approximate surface area is 221 Å². The van der Waals surface area contributed by atoms with Gasteiger partial charge in [0.1, 0.15) is 5.84 Å². The van der Waals surface area contributed by atoms with E-state index in [4.69, 9.17) is 11.5 Å². The minimum absolute atomic E-state index is 0.136. The van der Waals surface area contributed by atoms with Crippen LogP contribution >= 0.6 is 0 Å². The number of hydrogen-bond acceptors (Lipinski definition) is 6. The smallest absolute Gasteiger partial charge is 0.250 e. The van der Waals surface area contributed by atoms with Crippen molar-refractivity contribution in [1.29, 1.82) is 0 Å². The van der Waals surface area contributed by atoms with Crippen LogP contribution in [0.2, 0.25) is 0 Å². The highest BCUT2D eigenvalue weighted by Crippen LogP contribution is 2.30. The molecular formula is C28H28N6O3S. The van der Waals surface area contributed by atoms with Gasteiger partial charge in [0.15, 0.2) is 5.82 Å². The number of nitrogens with zero attached hydrogens (tertiary/aromatic N) is 3. The second kappa shape index (κ2) is 10.5. The number of rotatable bonds is 7. The molecule has 0 saturated carbocycles. The van der Waals surface area contributed by atoms with Crippen LogP contribution in [0.1, 0.15) is 36.7 Å². The van der Waals surface area contributed by atoms with Gasteiger partial charge in [0, 0.05) is 34.6 Å². The van der Waals surface area contributed by atoms with Crippen molar-refractivity contribution in [2.45, 2.75) is 31.2 Å². The van der Waals surface area contributed by atoms with E-state index in [1.165, 1.54) is 6.07 Å². The molecule has 4 rings (SSSR count). The van der Waals surface area contributed by atoms with E-state index in [0.29, 0.717) is 39.3 Å². The molecule has 0 fully saturated rings. The van der Waals surface area contributed by atoms with E-state index in [-0.39, 0.29) is 10.7 Å². The number of pyridine rings is 2. The van der Waals surface area contributed by atoms with E-state index >= 15 is 0 Å². The predicted molar refractivity (Wildman–Crippen MR) is 148 cm³/mol. The Kier molecular flexibility index (Phi) is 7.38. The van der Waals surface area contributed by atoms with E-state index in [1.54, 1.807) is 99.9 Å². The summed E-state index contributed by atoms with van der Waals surface area (Å²) in [5, 5.41) is 0. The lowest BCUT2D eigenvalue weighted by molar-refractivity contribution is 0.100. The molecule has 0 spiro atoms. The summed E-state index contributed by atoms with van der Waals surface area (Å²) >= 11 is 0. The minimum atomic E-state index is -3.73. The summed E-state index contributed by atoms with van der Waals surface area (Å²) in [5.74, 6) is -0.00837. The lowest BCUT2D eigenvalue weighted by atomic mass is 10.0. The third-order valence-corrected chi connectivity index (χ3v) is 7.19. The molecule has 0 aliphatic carbocycles. The summed E-state index contributed by atoms with van der Waals surface area (Å²) in [6, 6.07) is 20.5. The van der Waals surface area contributed by atoms with Gasteiger partial charge in [-0.15, -0.1) is 0 Å². The largest absolute Gasteiger partial charge is 0.383 e. The van der Waals surface area contributed by atoms with Crippen molar-refractivity contribution in [2.24, 2.45) is 16.5 Å². The Morgan fingerprint density at radius 1 is 0.868 bits per heavy atom. The van der Waals surface area contributed by atoms with E-state index in [1.807, 2.05) is 0 Å². The summed E-state index contributed by atoms with van der Waals surface area (Å²) < 4.78 is 28.4. The number of carbonyl (C=O) groups is 1. The van der Waals surface area contributed by atoms with Crippen molar-refractivity contribution in [3.05, 3.63) is 96.3 Å². The van der Waals surface area contributed by atoms with Gasteiger partial charge in [-0.2, -0.15) is 0 Å². The molecule has 0 unspecified atom stereocenters. The highest BCUT2D eigenvalue weighted by atomic mass is 32.2. The number of aromatic nitrogens is 2. The molecule has 4 aromatic rings. The van der Waals surface area contributed by atoms with Crippen molar-refractivity contribution in [1.82, 2.24) is 14.7 Å². The number of primary amides is 1. The number of carbonyl (C=O) groups excluding carboxylic acids is 1. The zero-order valence-electron chi connectivity index (χ0n) is 21.2. The van der Waals surface area contributed by atoms with Crippen molar-refractivity contribution < 1.29 is 13.2 Å². The first kappa shape index (κ1) is 26.6. The fourth-order valence-electron chi connectivity index (χ4n) is 3.82. The maximum Gasteiger partial charge on any atom is 0.250 e. The summed E-state index contributed by atoms with van der Waals surface area (Å²) in [7, 11) is -3.73. The number of nitrogens with one attached hydrogen (secondary N) is 1.